The van der Waals surface area contributed by atoms with Crippen LogP contribution in [0, 0.1) is 5.92 Å². The number of hydrogen-bond donors (Lipinski definition) is 1. The van der Waals surface area contributed by atoms with Crippen LogP contribution in [0.4, 0.5) is 0 Å². The number of nitrogens with zero attached hydrogens (tertiary/aromatic N) is 2. The molecule has 2 aromatic rings. The molecule has 0 bridgehead atoms. The van der Waals surface area contributed by atoms with Crippen LogP contribution < -0.4 is 5.56 Å². The summed E-state index contributed by atoms with van der Waals surface area (Å²) < 4.78 is 1.47. The van der Waals surface area contributed by atoms with Crippen LogP contribution in [-0.4, -0.2) is 14.6 Å². The minimum atomic E-state index is -0.0111. The van der Waals surface area contributed by atoms with Crippen LogP contribution in [0.2, 0.25) is 0 Å². The third-order valence-corrected chi connectivity index (χ3v) is 3.41. The first kappa shape index (κ1) is 9.63. The van der Waals surface area contributed by atoms with Crippen molar-refractivity contribution in [3.63, 3.8) is 0 Å². The van der Waals surface area contributed by atoms with Crippen molar-refractivity contribution < 1.29 is 0 Å². The summed E-state index contributed by atoms with van der Waals surface area (Å²) in [5, 5.41) is 2.85. The van der Waals surface area contributed by atoms with E-state index in [1.807, 2.05) is 6.07 Å². The van der Waals surface area contributed by atoms with Crippen molar-refractivity contribution in [2.24, 2.45) is 5.92 Å². The predicted molar refractivity (Wildman–Crippen MR) is 61.5 cm³/mol. The number of aromatic nitrogens is 3. The highest BCUT2D eigenvalue weighted by Crippen LogP contribution is 2.27. The molecule has 0 unspecified atom stereocenters. The molecule has 4 heteroatoms. The molecule has 0 spiro atoms. The minimum Gasteiger partial charge on any atom is -0.297 e. The van der Waals surface area contributed by atoms with Gasteiger partial charge in [0.2, 0.25) is 0 Å². The highest BCUT2D eigenvalue weighted by Gasteiger charge is 2.16. The van der Waals surface area contributed by atoms with Crippen LogP contribution in [0.1, 0.15) is 31.4 Å². The van der Waals surface area contributed by atoms with Gasteiger partial charge in [-0.25, -0.2) is 9.50 Å². The Bertz CT molecular complexity index is 549. The minimum absolute atomic E-state index is 0.0111. The normalized spacial score (nSPS) is 17.2. The summed E-state index contributed by atoms with van der Waals surface area (Å²) in [7, 11) is 0. The van der Waals surface area contributed by atoms with Gasteiger partial charge in [0, 0.05) is 24.0 Å². The van der Waals surface area contributed by atoms with E-state index in [9.17, 15) is 4.79 Å². The van der Waals surface area contributed by atoms with E-state index >= 15 is 0 Å². The van der Waals surface area contributed by atoms with Gasteiger partial charge in [-0.2, -0.15) is 0 Å². The smallest absolute Gasteiger partial charge is 0.272 e. The molecule has 4 nitrogen and oxygen atoms in total. The van der Waals surface area contributed by atoms with E-state index in [0.717, 1.165) is 23.7 Å². The van der Waals surface area contributed by atoms with E-state index in [1.54, 1.807) is 12.3 Å². The average Bonchev–Trinajstić information content (AvgIpc) is 2.87. The molecule has 2 heterocycles. The van der Waals surface area contributed by atoms with Gasteiger partial charge in [0.25, 0.3) is 5.56 Å². The van der Waals surface area contributed by atoms with Crippen molar-refractivity contribution in [3.8, 4) is 0 Å². The number of hydrogen-bond acceptors (Lipinski definition) is 2. The van der Waals surface area contributed by atoms with Crippen molar-refractivity contribution in [2.75, 3.05) is 0 Å². The Morgan fingerprint density at radius 3 is 3.06 bits per heavy atom. The monoisotopic (exact) mass is 217 g/mol. The van der Waals surface area contributed by atoms with Gasteiger partial charge in [0.05, 0.1) is 0 Å². The van der Waals surface area contributed by atoms with E-state index in [1.165, 1.54) is 30.2 Å². The Morgan fingerprint density at radius 1 is 1.44 bits per heavy atom. The molecule has 1 fully saturated rings. The summed E-state index contributed by atoms with van der Waals surface area (Å²) in [6, 6.07) is 3.49. The SMILES string of the molecule is O=c1cc(CC2CCCC2)nc2cc[nH]n12. The molecule has 1 aliphatic carbocycles. The largest absolute Gasteiger partial charge is 0.297 e. The molecule has 0 saturated heterocycles. The number of aromatic amines is 1. The molecule has 0 atom stereocenters. The van der Waals surface area contributed by atoms with Crippen LogP contribution in [-0.2, 0) is 6.42 Å². The third-order valence-electron chi connectivity index (χ3n) is 3.41. The summed E-state index contributed by atoms with van der Waals surface area (Å²) in [6.07, 6.45) is 7.93. The van der Waals surface area contributed by atoms with E-state index in [4.69, 9.17) is 0 Å². The fourth-order valence-electron chi connectivity index (χ4n) is 2.59. The molecule has 0 amide bonds. The maximum Gasteiger partial charge on any atom is 0.272 e. The predicted octanol–water partition coefficient (Wildman–Crippen LogP) is 1.76. The fourth-order valence-corrected chi connectivity index (χ4v) is 2.59. The lowest BCUT2D eigenvalue weighted by Crippen LogP contribution is -2.16. The number of rotatable bonds is 2. The summed E-state index contributed by atoms with van der Waals surface area (Å²) in [6.45, 7) is 0. The van der Waals surface area contributed by atoms with Gasteiger partial charge in [-0.1, -0.05) is 25.7 Å². The molecular formula is C12H15N3O. The van der Waals surface area contributed by atoms with Crippen molar-refractivity contribution in [2.45, 2.75) is 32.1 Å². The first-order valence-electron chi connectivity index (χ1n) is 5.89. The lowest BCUT2D eigenvalue weighted by Gasteiger charge is -2.07. The Labute approximate surface area is 93.3 Å². The summed E-state index contributed by atoms with van der Waals surface area (Å²) >= 11 is 0. The molecule has 0 radical (unpaired) electrons. The van der Waals surface area contributed by atoms with E-state index < -0.39 is 0 Å². The van der Waals surface area contributed by atoms with Gasteiger partial charge in [-0.05, 0) is 12.3 Å². The zero-order chi connectivity index (χ0) is 11.0. The molecule has 1 aliphatic rings. The van der Waals surface area contributed by atoms with E-state index in [2.05, 4.69) is 10.1 Å². The Balaban J connectivity index is 1.94. The van der Waals surface area contributed by atoms with Crippen molar-refractivity contribution in [1.29, 1.82) is 0 Å². The number of fused-ring (bicyclic) bond motifs is 1. The van der Waals surface area contributed by atoms with Gasteiger partial charge in [-0.3, -0.25) is 9.89 Å². The molecule has 0 aromatic carbocycles. The van der Waals surface area contributed by atoms with Crippen LogP contribution in [0.15, 0.2) is 23.1 Å². The summed E-state index contributed by atoms with van der Waals surface area (Å²) in [5.74, 6) is 0.730. The van der Waals surface area contributed by atoms with Gasteiger partial charge in [-0.15, -0.1) is 0 Å². The van der Waals surface area contributed by atoms with Gasteiger partial charge >= 0.3 is 0 Å². The molecule has 3 rings (SSSR count). The van der Waals surface area contributed by atoms with Crippen LogP contribution in [0.5, 0.6) is 0 Å². The van der Waals surface area contributed by atoms with Crippen molar-refractivity contribution >= 4 is 5.65 Å². The van der Waals surface area contributed by atoms with Crippen molar-refractivity contribution in [3.05, 3.63) is 34.4 Å². The molecule has 84 valence electrons. The lowest BCUT2D eigenvalue weighted by molar-refractivity contribution is 0.538. The second kappa shape index (κ2) is 3.77. The summed E-state index contributed by atoms with van der Waals surface area (Å²) in [4.78, 5) is 16.2. The third kappa shape index (κ3) is 1.64. The van der Waals surface area contributed by atoms with Crippen molar-refractivity contribution in [1.82, 2.24) is 14.6 Å². The maximum atomic E-state index is 11.7. The molecule has 0 aliphatic heterocycles. The first-order chi connectivity index (χ1) is 7.83. The zero-order valence-corrected chi connectivity index (χ0v) is 9.15. The van der Waals surface area contributed by atoms with Crippen LogP contribution >= 0.6 is 0 Å². The highest BCUT2D eigenvalue weighted by atomic mass is 16.1. The van der Waals surface area contributed by atoms with Crippen LogP contribution in [0.25, 0.3) is 5.65 Å². The first-order valence-corrected chi connectivity index (χ1v) is 5.89. The Morgan fingerprint density at radius 2 is 2.25 bits per heavy atom. The standard InChI is InChI=1S/C12H15N3O/c16-12-8-10(7-9-3-1-2-4-9)14-11-5-6-13-15(11)12/h5-6,8-9,13H,1-4,7H2. The molecule has 2 aromatic heterocycles. The van der Waals surface area contributed by atoms with E-state index in [-0.39, 0.29) is 5.56 Å². The fraction of sp³-hybridized carbons (Fsp3) is 0.500. The zero-order valence-electron chi connectivity index (χ0n) is 9.15. The summed E-state index contributed by atoms with van der Waals surface area (Å²) in [5.41, 5.74) is 1.65. The number of nitrogens with one attached hydrogen (secondary N) is 1. The lowest BCUT2D eigenvalue weighted by atomic mass is 10.0. The Hall–Kier alpha value is -1.58. The van der Waals surface area contributed by atoms with Gasteiger partial charge in [0.15, 0.2) is 5.65 Å². The molecule has 1 N–H and O–H groups in total. The molecule has 1 saturated carbocycles. The van der Waals surface area contributed by atoms with Crippen LogP contribution in [0.3, 0.4) is 0 Å². The number of H-pyrrole nitrogens is 1. The second-order valence-corrected chi connectivity index (χ2v) is 4.60. The van der Waals surface area contributed by atoms with Gasteiger partial charge in [0.1, 0.15) is 0 Å². The molecule has 16 heavy (non-hydrogen) atoms. The van der Waals surface area contributed by atoms with E-state index in [0.29, 0.717) is 0 Å². The van der Waals surface area contributed by atoms with Gasteiger partial charge < -0.3 is 0 Å². The molecular weight excluding hydrogens is 202 g/mol. The topological polar surface area (TPSA) is 50.2 Å². The highest BCUT2D eigenvalue weighted by molar-refractivity contribution is 5.36. The maximum absolute atomic E-state index is 11.7. The second-order valence-electron chi connectivity index (χ2n) is 4.60. The Kier molecular flexibility index (Phi) is 2.27. The quantitative estimate of drug-likeness (QED) is 0.833. The average molecular weight is 217 g/mol.